The van der Waals surface area contributed by atoms with Crippen LogP contribution in [-0.2, 0) is 20.0 Å². The van der Waals surface area contributed by atoms with Crippen LogP contribution in [0, 0.1) is 0 Å². The van der Waals surface area contributed by atoms with E-state index in [9.17, 15) is 0 Å². The Morgan fingerprint density at radius 1 is 0.473 bits per heavy atom. The maximum atomic E-state index is 2.76. The minimum Gasteiger partial charge on any atom is -1.00 e. The number of benzene rings is 6. The molecule has 4 unspecified atom stereocenters. The Balaban J connectivity index is 0.00000214. The summed E-state index contributed by atoms with van der Waals surface area (Å²) < 4.78 is 3.38. The molecule has 55 heavy (non-hydrogen) atoms. The molecule has 2 fully saturated rings. The summed E-state index contributed by atoms with van der Waals surface area (Å²) in [6, 6.07) is 46.9. The fourth-order valence-electron chi connectivity index (χ4n) is 11.9. The maximum Gasteiger partial charge on any atom is -1.00 e. The molecule has 6 aromatic rings. The van der Waals surface area contributed by atoms with E-state index >= 15 is 0 Å². The summed E-state index contributed by atoms with van der Waals surface area (Å²) in [4.78, 5) is 0. The van der Waals surface area contributed by atoms with Crippen LogP contribution in [0.4, 0.5) is 0 Å². The van der Waals surface area contributed by atoms with Gasteiger partial charge in [-0.2, -0.15) is 0 Å². The van der Waals surface area contributed by atoms with E-state index in [4.69, 9.17) is 0 Å². The predicted molar refractivity (Wildman–Crippen MR) is 225 cm³/mol. The van der Waals surface area contributed by atoms with E-state index < -0.39 is 20.0 Å². The zero-order valence-electron chi connectivity index (χ0n) is 32.3. The first-order valence-corrected chi connectivity index (χ1v) is 29.2. The Hall–Kier alpha value is -3.23. The van der Waals surface area contributed by atoms with Gasteiger partial charge in [-0.05, 0) is 0 Å². The van der Waals surface area contributed by atoms with Gasteiger partial charge < -0.3 is 24.8 Å². The third-order valence-electron chi connectivity index (χ3n) is 14.0. The fraction of sp³-hybridized carbons (Fsp3) is 0.308. The summed E-state index contributed by atoms with van der Waals surface area (Å²) in [5.41, 5.74) is 15.9. The SMILES string of the molecule is CCCCC1=Cc2c(-c3cccc4ccccc34)cccc2[CH]1[Hf+2]1([CH]2C(CCCC)=Cc3c(-c4cccc5ccccc45)cccc32)[CH]2CCCC[CH]21.[Cl-].[Cl-]. The molecule has 0 N–H and O–H groups in total. The number of rotatable bonds is 10. The first-order valence-electron chi connectivity index (χ1n) is 20.9. The maximum absolute atomic E-state index is 3.34. The molecule has 0 spiro atoms. The summed E-state index contributed by atoms with van der Waals surface area (Å²) in [5, 5.41) is 5.44. The van der Waals surface area contributed by atoms with Gasteiger partial charge in [0.1, 0.15) is 0 Å². The van der Waals surface area contributed by atoms with Crippen LogP contribution in [0.25, 0.3) is 56.0 Å². The largest absolute Gasteiger partial charge is 1.00 e. The van der Waals surface area contributed by atoms with Crippen molar-refractivity contribution in [2.75, 3.05) is 0 Å². The van der Waals surface area contributed by atoms with E-state index in [1.54, 1.807) is 22.3 Å². The zero-order valence-corrected chi connectivity index (χ0v) is 37.4. The average molecular weight is 926 g/mol. The van der Waals surface area contributed by atoms with Crippen LogP contribution in [-0.4, -0.2) is 0 Å². The second-order valence-corrected chi connectivity index (χ2v) is 33.3. The molecule has 1 heterocycles. The van der Waals surface area contributed by atoms with E-state index in [1.165, 1.54) is 108 Å². The molecule has 0 radical (unpaired) electrons. The van der Waals surface area contributed by atoms with Crippen LogP contribution in [0.5, 0.6) is 0 Å². The molecule has 1 saturated carbocycles. The Bertz CT molecular complexity index is 2260. The summed E-state index contributed by atoms with van der Waals surface area (Å²) in [5.74, 6) is 0. The number of hydrogen-bond donors (Lipinski definition) is 0. The van der Waals surface area contributed by atoms with E-state index in [2.05, 4.69) is 147 Å². The van der Waals surface area contributed by atoms with Gasteiger partial charge in [0.25, 0.3) is 0 Å². The van der Waals surface area contributed by atoms with Gasteiger partial charge in [0.2, 0.25) is 0 Å². The topological polar surface area (TPSA) is 0 Å². The number of allylic oxidation sites excluding steroid dienone is 2. The normalized spacial score (nSPS) is 22.1. The molecular weight excluding hydrogens is 874 g/mol. The van der Waals surface area contributed by atoms with E-state index in [0.29, 0.717) is 7.35 Å². The van der Waals surface area contributed by atoms with Crippen LogP contribution in [0.15, 0.2) is 132 Å². The molecule has 0 bridgehead atoms. The quantitative estimate of drug-likeness (QED) is 0.120. The summed E-state index contributed by atoms with van der Waals surface area (Å²) in [7, 11) is 0. The predicted octanol–water partition coefficient (Wildman–Crippen LogP) is 9.61. The van der Waals surface area contributed by atoms with Crippen LogP contribution in [0.3, 0.4) is 0 Å². The molecule has 3 heteroatoms. The first kappa shape index (κ1) is 38.6. The van der Waals surface area contributed by atoms with E-state index in [0.717, 1.165) is 7.35 Å². The van der Waals surface area contributed by atoms with Crippen molar-refractivity contribution in [1.82, 2.24) is 0 Å². The number of fused-ring (bicyclic) bond motifs is 5. The molecule has 3 aliphatic carbocycles. The number of hydrogen-bond acceptors (Lipinski definition) is 0. The molecular formula is C52H52Cl2Hf. The van der Waals surface area contributed by atoms with Crippen LogP contribution in [0.2, 0.25) is 7.35 Å². The van der Waals surface area contributed by atoms with Crippen molar-refractivity contribution in [3.63, 3.8) is 0 Å². The van der Waals surface area contributed by atoms with Gasteiger partial charge in [0, 0.05) is 0 Å². The van der Waals surface area contributed by atoms with Gasteiger partial charge in [-0.15, -0.1) is 0 Å². The van der Waals surface area contributed by atoms with Crippen molar-refractivity contribution in [2.45, 2.75) is 92.8 Å². The van der Waals surface area contributed by atoms with E-state index in [1.807, 2.05) is 11.1 Å². The minimum atomic E-state index is -3.34. The number of unbranched alkanes of at least 4 members (excludes halogenated alkanes) is 2. The smallest absolute Gasteiger partial charge is 1.00 e. The van der Waals surface area contributed by atoms with Crippen molar-refractivity contribution in [2.24, 2.45) is 0 Å². The Morgan fingerprint density at radius 3 is 1.33 bits per heavy atom. The summed E-state index contributed by atoms with van der Waals surface area (Å²) in [6.45, 7) is 4.79. The van der Waals surface area contributed by atoms with Gasteiger partial charge in [-0.1, -0.05) is 0 Å². The fourth-order valence-corrected chi connectivity index (χ4v) is 47.4. The van der Waals surface area contributed by atoms with E-state index in [-0.39, 0.29) is 24.8 Å². The van der Waals surface area contributed by atoms with Gasteiger partial charge in [0.05, 0.1) is 0 Å². The molecule has 4 aliphatic rings. The molecule has 278 valence electrons. The second-order valence-electron chi connectivity index (χ2n) is 16.7. The summed E-state index contributed by atoms with van der Waals surface area (Å²) >= 11 is -3.34. The minimum absolute atomic E-state index is 0. The molecule has 10 rings (SSSR count). The Morgan fingerprint density at radius 2 is 0.873 bits per heavy atom. The van der Waals surface area contributed by atoms with Gasteiger partial charge in [-0.25, -0.2) is 0 Å². The Labute approximate surface area is 345 Å². The number of halogens is 2. The summed E-state index contributed by atoms with van der Waals surface area (Å²) in [6.07, 6.45) is 19.0. The second kappa shape index (κ2) is 16.0. The van der Waals surface area contributed by atoms with Gasteiger partial charge in [-0.3, -0.25) is 0 Å². The van der Waals surface area contributed by atoms with Crippen molar-refractivity contribution < 1.29 is 44.8 Å². The third-order valence-corrected chi connectivity index (χ3v) is 38.9. The standard InChI is InChI=1S/2C23H21.C6H10.2ClH.Hf/c2*1-2-3-8-17-15-19-11-7-14-22(23(19)16-17)21-13-6-10-18-9-4-5-12-20(18)21;1-2-4-6-5-3-1;;;/h2*4-7,9-16H,2-3,8H2,1H3;1-2H,3-6H2;2*1H;/q;;;;;+2/p-2. The van der Waals surface area contributed by atoms with Crippen molar-refractivity contribution in [1.29, 1.82) is 0 Å². The molecule has 1 aliphatic heterocycles. The molecule has 0 nitrogen and oxygen atoms in total. The zero-order chi connectivity index (χ0) is 35.5. The van der Waals surface area contributed by atoms with Crippen LogP contribution >= 0.6 is 0 Å². The molecule has 0 amide bonds. The molecule has 4 atom stereocenters. The first-order chi connectivity index (χ1) is 26.2. The van der Waals surface area contributed by atoms with Crippen molar-refractivity contribution in [3.8, 4) is 22.3 Å². The molecule has 0 aromatic heterocycles. The van der Waals surface area contributed by atoms with Gasteiger partial charge in [0.15, 0.2) is 0 Å². The monoisotopic (exact) mass is 926 g/mol. The van der Waals surface area contributed by atoms with Gasteiger partial charge >= 0.3 is 323 Å². The average Bonchev–Trinajstić information content (AvgIpc) is 3.47. The third kappa shape index (κ3) is 6.18. The van der Waals surface area contributed by atoms with Crippen molar-refractivity contribution in [3.05, 3.63) is 155 Å². The van der Waals surface area contributed by atoms with Crippen molar-refractivity contribution >= 4 is 33.7 Å². The molecule has 1 saturated heterocycles. The van der Waals surface area contributed by atoms with Crippen LogP contribution in [0.1, 0.15) is 108 Å². The molecule has 6 aromatic carbocycles. The Kier molecular flexibility index (Phi) is 11.2. The van der Waals surface area contributed by atoms with Crippen LogP contribution < -0.4 is 24.8 Å².